The molecule has 0 aromatic heterocycles. The van der Waals surface area contributed by atoms with Crippen LogP contribution in [0.25, 0.3) is 0 Å². The molecular formula is C8H7N3O3. The summed E-state index contributed by atoms with van der Waals surface area (Å²) in [4.78, 5) is 19.6. The van der Waals surface area contributed by atoms with Crippen LogP contribution in [0.2, 0.25) is 0 Å². The standard InChI is InChI=1S/C8H7N3O3/c12-6-10-9-5-7-1-3-8(4-2-7)11(13)14/h1-6H,(H,10,12)/b9-5+. The molecule has 1 rings (SSSR count). The summed E-state index contributed by atoms with van der Waals surface area (Å²) in [7, 11) is 0. The first kappa shape index (κ1) is 9.85. The fourth-order valence-corrected chi connectivity index (χ4v) is 0.824. The van der Waals surface area contributed by atoms with Crippen molar-refractivity contribution in [1.82, 2.24) is 5.43 Å². The molecule has 0 unspecified atom stereocenters. The van der Waals surface area contributed by atoms with Gasteiger partial charge in [-0.1, -0.05) is 0 Å². The molecule has 1 N–H and O–H groups in total. The van der Waals surface area contributed by atoms with Crippen molar-refractivity contribution >= 4 is 18.3 Å². The van der Waals surface area contributed by atoms with E-state index in [1.54, 1.807) is 0 Å². The molecule has 14 heavy (non-hydrogen) atoms. The van der Waals surface area contributed by atoms with E-state index in [1.165, 1.54) is 30.5 Å². The average molecular weight is 193 g/mol. The number of benzene rings is 1. The zero-order valence-corrected chi connectivity index (χ0v) is 7.08. The SMILES string of the molecule is O=CN/N=C/c1ccc([N+](=O)[O-])cc1. The predicted octanol–water partition coefficient (Wildman–Crippen LogP) is 0.675. The Morgan fingerprint density at radius 2 is 2.00 bits per heavy atom. The number of hydrogen-bond donors (Lipinski definition) is 1. The topological polar surface area (TPSA) is 84.6 Å². The Hall–Kier alpha value is -2.24. The van der Waals surface area contributed by atoms with E-state index >= 15 is 0 Å². The second-order valence-electron chi connectivity index (χ2n) is 2.35. The number of nitro groups is 1. The zero-order valence-electron chi connectivity index (χ0n) is 7.08. The van der Waals surface area contributed by atoms with Crippen molar-refractivity contribution < 1.29 is 9.72 Å². The number of nitro benzene ring substituents is 1. The summed E-state index contributed by atoms with van der Waals surface area (Å²) in [6, 6.07) is 5.80. The highest BCUT2D eigenvalue weighted by molar-refractivity contribution is 5.80. The molecule has 0 saturated heterocycles. The summed E-state index contributed by atoms with van der Waals surface area (Å²) < 4.78 is 0. The van der Waals surface area contributed by atoms with Gasteiger partial charge in [0.1, 0.15) is 0 Å². The number of hydrogen-bond acceptors (Lipinski definition) is 4. The number of hydrazone groups is 1. The summed E-state index contributed by atoms with van der Waals surface area (Å²) >= 11 is 0. The first-order valence-electron chi connectivity index (χ1n) is 3.70. The lowest BCUT2D eigenvalue weighted by molar-refractivity contribution is -0.384. The Bertz CT molecular complexity index is 359. The minimum absolute atomic E-state index is 0.0190. The number of nitrogens with zero attached hydrogens (tertiary/aromatic N) is 2. The van der Waals surface area contributed by atoms with Gasteiger partial charge in [0.15, 0.2) is 0 Å². The van der Waals surface area contributed by atoms with Gasteiger partial charge in [-0.25, -0.2) is 5.43 Å². The number of rotatable bonds is 4. The number of carbonyl (C=O) groups excluding carboxylic acids is 1. The molecule has 0 aliphatic carbocycles. The van der Waals surface area contributed by atoms with E-state index in [0.29, 0.717) is 12.0 Å². The molecular weight excluding hydrogens is 186 g/mol. The monoisotopic (exact) mass is 193 g/mol. The highest BCUT2D eigenvalue weighted by Crippen LogP contribution is 2.10. The number of nitrogens with one attached hydrogen (secondary N) is 1. The normalized spacial score (nSPS) is 10.0. The maximum atomic E-state index is 10.3. The van der Waals surface area contributed by atoms with Gasteiger partial charge in [-0.15, -0.1) is 0 Å². The molecule has 0 aliphatic heterocycles. The van der Waals surface area contributed by atoms with Crippen molar-refractivity contribution in [1.29, 1.82) is 0 Å². The lowest BCUT2D eigenvalue weighted by Crippen LogP contribution is -2.00. The van der Waals surface area contributed by atoms with Crippen molar-refractivity contribution in [2.75, 3.05) is 0 Å². The fourth-order valence-electron chi connectivity index (χ4n) is 0.824. The highest BCUT2D eigenvalue weighted by Gasteiger charge is 2.01. The van der Waals surface area contributed by atoms with E-state index in [-0.39, 0.29) is 5.69 Å². The van der Waals surface area contributed by atoms with Gasteiger partial charge in [0.2, 0.25) is 6.41 Å². The smallest absolute Gasteiger partial charge is 0.269 e. The molecule has 6 heteroatoms. The second-order valence-corrected chi connectivity index (χ2v) is 2.35. The first-order valence-corrected chi connectivity index (χ1v) is 3.70. The summed E-state index contributed by atoms with van der Waals surface area (Å²) in [6.07, 6.45) is 1.82. The average Bonchev–Trinajstić information content (AvgIpc) is 2.19. The van der Waals surface area contributed by atoms with Gasteiger partial charge in [0, 0.05) is 12.1 Å². The van der Waals surface area contributed by atoms with Crippen LogP contribution in [0.5, 0.6) is 0 Å². The van der Waals surface area contributed by atoms with Crippen molar-refractivity contribution in [2.45, 2.75) is 0 Å². The van der Waals surface area contributed by atoms with Crippen molar-refractivity contribution in [3.63, 3.8) is 0 Å². The second kappa shape index (κ2) is 4.70. The molecule has 0 atom stereocenters. The van der Waals surface area contributed by atoms with E-state index in [9.17, 15) is 14.9 Å². The molecule has 0 bridgehead atoms. The molecule has 1 aromatic carbocycles. The molecule has 0 saturated carbocycles. The molecule has 72 valence electrons. The maximum absolute atomic E-state index is 10.3. The van der Waals surface area contributed by atoms with E-state index in [1.807, 2.05) is 0 Å². The molecule has 0 radical (unpaired) electrons. The van der Waals surface area contributed by atoms with Gasteiger partial charge in [-0.3, -0.25) is 14.9 Å². The Labute approximate surface area is 79.4 Å². The maximum Gasteiger partial charge on any atom is 0.269 e. The van der Waals surface area contributed by atoms with E-state index in [2.05, 4.69) is 10.5 Å². The van der Waals surface area contributed by atoms with Crippen molar-refractivity contribution in [3.05, 3.63) is 39.9 Å². The van der Waals surface area contributed by atoms with Crippen LogP contribution in [0.4, 0.5) is 5.69 Å². The minimum Gasteiger partial charge on any atom is -0.277 e. The molecule has 0 fully saturated rings. The quantitative estimate of drug-likeness (QED) is 0.330. The zero-order chi connectivity index (χ0) is 10.4. The Morgan fingerprint density at radius 3 is 2.50 bits per heavy atom. The molecule has 0 spiro atoms. The van der Waals surface area contributed by atoms with Gasteiger partial charge in [0.25, 0.3) is 5.69 Å². The van der Waals surface area contributed by atoms with Crippen LogP contribution >= 0.6 is 0 Å². The Morgan fingerprint density at radius 1 is 1.36 bits per heavy atom. The van der Waals surface area contributed by atoms with Gasteiger partial charge in [0.05, 0.1) is 11.1 Å². The number of non-ortho nitro benzene ring substituents is 1. The Balaban J connectivity index is 2.73. The first-order chi connectivity index (χ1) is 6.74. The number of carbonyl (C=O) groups is 1. The van der Waals surface area contributed by atoms with E-state index < -0.39 is 4.92 Å². The largest absolute Gasteiger partial charge is 0.277 e. The van der Waals surface area contributed by atoms with Crippen LogP contribution in [0.15, 0.2) is 29.4 Å². The fraction of sp³-hybridized carbons (Fsp3) is 0. The minimum atomic E-state index is -0.482. The third kappa shape index (κ3) is 2.67. The Kier molecular flexibility index (Phi) is 3.31. The molecule has 0 aliphatic rings. The van der Waals surface area contributed by atoms with Gasteiger partial charge < -0.3 is 0 Å². The van der Waals surface area contributed by atoms with Gasteiger partial charge in [-0.2, -0.15) is 5.10 Å². The van der Waals surface area contributed by atoms with E-state index in [0.717, 1.165) is 0 Å². The molecule has 0 heterocycles. The lowest BCUT2D eigenvalue weighted by atomic mass is 10.2. The summed E-state index contributed by atoms with van der Waals surface area (Å²) in [5.74, 6) is 0. The van der Waals surface area contributed by atoms with Crippen LogP contribution in [-0.4, -0.2) is 17.5 Å². The van der Waals surface area contributed by atoms with Crippen LogP contribution in [0, 0.1) is 10.1 Å². The summed E-state index contributed by atoms with van der Waals surface area (Å²) in [6.45, 7) is 0. The van der Waals surface area contributed by atoms with Crippen LogP contribution in [0.3, 0.4) is 0 Å². The highest BCUT2D eigenvalue weighted by atomic mass is 16.6. The predicted molar refractivity (Wildman–Crippen MR) is 49.9 cm³/mol. The molecule has 1 amide bonds. The van der Waals surface area contributed by atoms with Gasteiger partial charge >= 0.3 is 0 Å². The number of amides is 1. The third-order valence-electron chi connectivity index (χ3n) is 1.44. The third-order valence-corrected chi connectivity index (χ3v) is 1.44. The lowest BCUT2D eigenvalue weighted by Gasteiger charge is -1.92. The summed E-state index contributed by atoms with van der Waals surface area (Å²) in [5.41, 5.74) is 2.78. The van der Waals surface area contributed by atoms with Crippen LogP contribution in [-0.2, 0) is 4.79 Å². The van der Waals surface area contributed by atoms with Crippen molar-refractivity contribution in [2.24, 2.45) is 5.10 Å². The van der Waals surface area contributed by atoms with Crippen LogP contribution < -0.4 is 5.43 Å². The molecule has 6 nitrogen and oxygen atoms in total. The van der Waals surface area contributed by atoms with Gasteiger partial charge in [-0.05, 0) is 17.7 Å². The van der Waals surface area contributed by atoms with Crippen molar-refractivity contribution in [3.8, 4) is 0 Å². The molecule has 1 aromatic rings. The summed E-state index contributed by atoms with van der Waals surface area (Å²) in [5, 5.41) is 13.8. The van der Waals surface area contributed by atoms with Crippen LogP contribution in [0.1, 0.15) is 5.56 Å². The van der Waals surface area contributed by atoms with E-state index in [4.69, 9.17) is 0 Å².